The molecule has 2 aromatic carbocycles. The predicted molar refractivity (Wildman–Crippen MR) is 109 cm³/mol. The molecule has 1 amide bonds. The summed E-state index contributed by atoms with van der Waals surface area (Å²) < 4.78 is 27.5. The lowest BCUT2D eigenvalue weighted by Crippen LogP contribution is -2.28. The van der Waals surface area contributed by atoms with Crippen LogP contribution in [0, 0.1) is 0 Å². The van der Waals surface area contributed by atoms with Gasteiger partial charge in [0, 0.05) is 17.4 Å². The highest BCUT2D eigenvalue weighted by atomic mass is 79.9. The molecule has 0 bridgehead atoms. The molecule has 0 aliphatic heterocycles. The number of halogens is 1. The molecule has 0 fully saturated rings. The number of nitrogens with one attached hydrogen (secondary N) is 2. The Kier molecular flexibility index (Phi) is 6.67. The molecule has 0 saturated carbocycles. The van der Waals surface area contributed by atoms with Crippen molar-refractivity contribution < 1.29 is 18.3 Å². The van der Waals surface area contributed by atoms with E-state index < -0.39 is 15.9 Å². The van der Waals surface area contributed by atoms with Crippen LogP contribution in [0.3, 0.4) is 0 Å². The molecule has 0 aliphatic rings. The van der Waals surface area contributed by atoms with Crippen LogP contribution in [0.4, 0.5) is 5.69 Å². The number of aromatic hydroxyl groups is 1. The highest BCUT2D eigenvalue weighted by Crippen LogP contribution is 2.30. The molecule has 8 heteroatoms. The van der Waals surface area contributed by atoms with Crippen LogP contribution < -0.4 is 10.0 Å². The van der Waals surface area contributed by atoms with Crippen molar-refractivity contribution in [3.63, 3.8) is 0 Å². The van der Waals surface area contributed by atoms with Crippen molar-refractivity contribution in [2.75, 3.05) is 11.9 Å². The van der Waals surface area contributed by atoms with Crippen LogP contribution in [-0.4, -0.2) is 26.0 Å². The van der Waals surface area contributed by atoms with Gasteiger partial charge in [0.1, 0.15) is 5.75 Å². The highest BCUT2D eigenvalue weighted by Gasteiger charge is 2.17. The van der Waals surface area contributed by atoms with E-state index in [2.05, 4.69) is 26.0 Å². The minimum Gasteiger partial charge on any atom is -0.506 e. The first kappa shape index (κ1) is 21.4. The normalized spacial score (nSPS) is 12.0. The molecular formula is C19H23BrN2O4S. The molecular weight excluding hydrogens is 432 g/mol. The lowest BCUT2D eigenvalue weighted by molar-refractivity contribution is -0.116. The Hall–Kier alpha value is -1.90. The van der Waals surface area contributed by atoms with Crippen LogP contribution in [-0.2, 0) is 20.2 Å². The second kappa shape index (κ2) is 8.41. The van der Waals surface area contributed by atoms with E-state index in [1.54, 1.807) is 24.3 Å². The molecule has 0 aromatic heterocycles. The Balaban J connectivity index is 1.97. The van der Waals surface area contributed by atoms with E-state index in [1.165, 1.54) is 18.2 Å². The average molecular weight is 455 g/mol. The summed E-state index contributed by atoms with van der Waals surface area (Å²) in [6.07, 6.45) is -0.0631. The molecule has 0 unspecified atom stereocenters. The number of phenols is 1. The SMILES string of the molecule is CC(C)(C)c1ccc(O)c(NC(=O)CCNS(=O)(=O)c2cccc(Br)c2)c1. The second-order valence-electron chi connectivity index (χ2n) is 7.14. The van der Waals surface area contributed by atoms with E-state index in [-0.39, 0.29) is 29.0 Å². The first-order valence-electron chi connectivity index (χ1n) is 8.37. The first-order valence-corrected chi connectivity index (χ1v) is 10.7. The van der Waals surface area contributed by atoms with Crippen molar-refractivity contribution in [3.05, 3.63) is 52.5 Å². The molecule has 0 heterocycles. The van der Waals surface area contributed by atoms with E-state index in [0.717, 1.165) is 5.56 Å². The number of rotatable bonds is 6. The third kappa shape index (κ3) is 6.05. The van der Waals surface area contributed by atoms with Crippen molar-refractivity contribution in [2.24, 2.45) is 0 Å². The molecule has 0 radical (unpaired) electrons. The lowest BCUT2D eigenvalue weighted by Gasteiger charge is -2.20. The van der Waals surface area contributed by atoms with Gasteiger partial charge in [0.15, 0.2) is 0 Å². The molecule has 6 nitrogen and oxygen atoms in total. The Morgan fingerprint density at radius 2 is 1.85 bits per heavy atom. The summed E-state index contributed by atoms with van der Waals surface area (Å²) >= 11 is 3.23. The molecule has 0 spiro atoms. The lowest BCUT2D eigenvalue weighted by atomic mass is 9.87. The van der Waals surface area contributed by atoms with E-state index in [1.807, 2.05) is 20.8 Å². The predicted octanol–water partition coefficient (Wildman–Crippen LogP) is 3.76. The van der Waals surface area contributed by atoms with Gasteiger partial charge in [0.2, 0.25) is 15.9 Å². The van der Waals surface area contributed by atoms with Crippen LogP contribution in [0.5, 0.6) is 5.75 Å². The Morgan fingerprint density at radius 3 is 2.48 bits per heavy atom. The van der Waals surface area contributed by atoms with Crippen molar-refractivity contribution >= 4 is 37.5 Å². The molecule has 3 N–H and O–H groups in total. The van der Waals surface area contributed by atoms with Gasteiger partial charge in [-0.3, -0.25) is 4.79 Å². The minimum atomic E-state index is -3.69. The topological polar surface area (TPSA) is 95.5 Å². The molecule has 0 aliphatic carbocycles. The standard InChI is InChI=1S/C19H23BrN2O4S/c1-19(2,3)13-7-8-17(23)16(11-13)22-18(24)9-10-21-27(25,26)15-6-4-5-14(20)12-15/h4-8,11-12,21,23H,9-10H2,1-3H3,(H,22,24). The number of carbonyl (C=O) groups is 1. The van der Waals surface area contributed by atoms with Gasteiger partial charge >= 0.3 is 0 Å². The maximum Gasteiger partial charge on any atom is 0.240 e. The summed E-state index contributed by atoms with van der Waals surface area (Å²) in [6, 6.07) is 11.4. The van der Waals surface area contributed by atoms with E-state index in [0.29, 0.717) is 10.2 Å². The van der Waals surface area contributed by atoms with Crippen molar-refractivity contribution in [1.82, 2.24) is 4.72 Å². The zero-order chi connectivity index (χ0) is 20.2. The van der Waals surface area contributed by atoms with Gasteiger partial charge in [0.05, 0.1) is 10.6 Å². The van der Waals surface area contributed by atoms with Crippen LogP contribution in [0.15, 0.2) is 51.8 Å². The van der Waals surface area contributed by atoms with Gasteiger partial charge in [0.25, 0.3) is 0 Å². The number of amides is 1. The summed E-state index contributed by atoms with van der Waals surface area (Å²) in [5.74, 6) is -0.431. The molecule has 0 atom stereocenters. The number of phenolic OH excluding ortho intramolecular Hbond substituents is 1. The Morgan fingerprint density at radius 1 is 1.15 bits per heavy atom. The van der Waals surface area contributed by atoms with Crippen molar-refractivity contribution in [2.45, 2.75) is 37.5 Å². The first-order chi connectivity index (χ1) is 12.5. The van der Waals surface area contributed by atoms with Crippen molar-refractivity contribution in [3.8, 4) is 5.75 Å². The Bertz CT molecular complexity index is 937. The van der Waals surface area contributed by atoms with E-state index in [4.69, 9.17) is 0 Å². The average Bonchev–Trinajstić information content (AvgIpc) is 2.55. The fourth-order valence-corrected chi connectivity index (χ4v) is 3.96. The van der Waals surface area contributed by atoms with Gasteiger partial charge in [-0.15, -0.1) is 0 Å². The molecule has 2 aromatic rings. The molecule has 0 saturated heterocycles. The van der Waals surface area contributed by atoms with Crippen molar-refractivity contribution in [1.29, 1.82) is 0 Å². The second-order valence-corrected chi connectivity index (χ2v) is 9.82. The number of anilines is 1. The molecule has 146 valence electrons. The van der Waals surface area contributed by atoms with Gasteiger partial charge in [-0.05, 0) is 41.3 Å². The molecule has 27 heavy (non-hydrogen) atoms. The number of carbonyl (C=O) groups excluding carboxylic acids is 1. The third-order valence-electron chi connectivity index (χ3n) is 3.89. The summed E-state index contributed by atoms with van der Waals surface area (Å²) in [6.45, 7) is 6.03. The zero-order valence-corrected chi connectivity index (χ0v) is 17.8. The minimum absolute atomic E-state index is 0.0360. The van der Waals surface area contributed by atoms with Gasteiger partial charge in [-0.25, -0.2) is 13.1 Å². The van der Waals surface area contributed by atoms with Crippen LogP contribution in [0.1, 0.15) is 32.8 Å². The fraction of sp³-hybridized carbons (Fsp3) is 0.316. The van der Waals surface area contributed by atoms with Crippen LogP contribution >= 0.6 is 15.9 Å². The summed E-state index contributed by atoms with van der Waals surface area (Å²) in [7, 11) is -3.69. The fourth-order valence-electron chi connectivity index (χ4n) is 2.33. The van der Waals surface area contributed by atoms with E-state index in [9.17, 15) is 18.3 Å². The Labute approximate surface area is 168 Å². The van der Waals surface area contributed by atoms with Gasteiger partial charge < -0.3 is 10.4 Å². The maximum absolute atomic E-state index is 12.2. The van der Waals surface area contributed by atoms with Gasteiger partial charge in [-0.1, -0.05) is 48.8 Å². The van der Waals surface area contributed by atoms with E-state index >= 15 is 0 Å². The zero-order valence-electron chi connectivity index (χ0n) is 15.4. The maximum atomic E-state index is 12.2. The number of hydrogen-bond acceptors (Lipinski definition) is 4. The quantitative estimate of drug-likeness (QED) is 0.578. The highest BCUT2D eigenvalue weighted by molar-refractivity contribution is 9.10. The summed E-state index contributed by atoms with van der Waals surface area (Å²) in [5, 5.41) is 12.6. The largest absolute Gasteiger partial charge is 0.506 e. The monoisotopic (exact) mass is 454 g/mol. The van der Waals surface area contributed by atoms with Gasteiger partial charge in [-0.2, -0.15) is 0 Å². The summed E-state index contributed by atoms with van der Waals surface area (Å²) in [5.41, 5.74) is 1.14. The van der Waals surface area contributed by atoms with Crippen LogP contribution in [0.2, 0.25) is 0 Å². The number of benzene rings is 2. The number of sulfonamides is 1. The van der Waals surface area contributed by atoms with Crippen LogP contribution in [0.25, 0.3) is 0 Å². The summed E-state index contributed by atoms with van der Waals surface area (Å²) in [4.78, 5) is 12.3. The molecule has 2 rings (SSSR count). The smallest absolute Gasteiger partial charge is 0.240 e. The number of hydrogen-bond donors (Lipinski definition) is 3. The third-order valence-corrected chi connectivity index (χ3v) is 5.84.